The number of nitrogens with zero attached hydrogens (tertiary/aromatic N) is 1. The van der Waals surface area contributed by atoms with E-state index >= 15 is 0 Å². The van der Waals surface area contributed by atoms with E-state index in [2.05, 4.69) is 4.90 Å². The standard InChI is InChI=1S/C7H9N/c1-4-2-7(4)5(1)6-3-8(6)7/h4-6H,1-3H2. The summed E-state index contributed by atoms with van der Waals surface area (Å²) in [6, 6.07) is 1.11. The Labute approximate surface area is 48.7 Å². The molecule has 0 N–H and O–H groups in total. The average molecular weight is 107 g/mol. The van der Waals surface area contributed by atoms with Crippen molar-refractivity contribution in [2.75, 3.05) is 6.54 Å². The van der Waals surface area contributed by atoms with Gasteiger partial charge in [-0.05, 0) is 24.7 Å². The molecule has 5 atom stereocenters. The van der Waals surface area contributed by atoms with E-state index in [1.807, 2.05) is 0 Å². The molecule has 0 aromatic rings. The Morgan fingerprint density at radius 1 is 1.50 bits per heavy atom. The van der Waals surface area contributed by atoms with Gasteiger partial charge < -0.3 is 0 Å². The van der Waals surface area contributed by atoms with Crippen LogP contribution in [0.2, 0.25) is 0 Å². The molecule has 2 saturated heterocycles. The first kappa shape index (κ1) is 3.21. The molecule has 5 unspecified atom stereocenters. The van der Waals surface area contributed by atoms with Crippen molar-refractivity contribution in [3.63, 3.8) is 0 Å². The smallest absolute Gasteiger partial charge is 0.0289 e. The Bertz CT molecular complexity index is 187. The Hall–Kier alpha value is -0.0400. The van der Waals surface area contributed by atoms with Crippen molar-refractivity contribution in [1.82, 2.24) is 4.90 Å². The minimum absolute atomic E-state index is 0.894. The third-order valence-corrected chi connectivity index (χ3v) is 3.95. The molecule has 0 bridgehead atoms. The molecule has 4 rings (SSSR count). The van der Waals surface area contributed by atoms with Gasteiger partial charge in [-0.3, -0.25) is 4.90 Å². The average Bonchev–Trinajstić information content (AvgIpc) is 2.43. The van der Waals surface area contributed by atoms with Crippen molar-refractivity contribution in [3.8, 4) is 0 Å². The molecule has 1 nitrogen and oxygen atoms in total. The SMILES string of the molecule is C1C2CC23C1C1CN13. The molecule has 2 heterocycles. The predicted molar refractivity (Wildman–Crippen MR) is 29.4 cm³/mol. The van der Waals surface area contributed by atoms with Crippen LogP contribution in [0.1, 0.15) is 12.8 Å². The molecule has 4 fully saturated rings. The fraction of sp³-hybridized carbons (Fsp3) is 1.00. The van der Waals surface area contributed by atoms with Crippen LogP contribution in [0.3, 0.4) is 0 Å². The summed E-state index contributed by atoms with van der Waals surface area (Å²) in [5.41, 5.74) is 0.894. The van der Waals surface area contributed by atoms with E-state index in [4.69, 9.17) is 0 Å². The molecule has 8 heavy (non-hydrogen) atoms. The fourth-order valence-electron chi connectivity index (χ4n) is 3.38. The fourth-order valence-corrected chi connectivity index (χ4v) is 3.38. The first-order chi connectivity index (χ1) is 3.93. The third kappa shape index (κ3) is 0.120. The maximum Gasteiger partial charge on any atom is 0.0289 e. The summed E-state index contributed by atoms with van der Waals surface area (Å²) in [6.07, 6.45) is 3.18. The van der Waals surface area contributed by atoms with Gasteiger partial charge in [0.25, 0.3) is 0 Å². The predicted octanol–water partition coefficient (Wildman–Crippen LogP) is 0.463. The quantitative estimate of drug-likeness (QED) is 0.406. The molecule has 2 saturated carbocycles. The summed E-state index contributed by atoms with van der Waals surface area (Å²) in [4.78, 5) is 2.71. The van der Waals surface area contributed by atoms with E-state index in [0.29, 0.717) is 0 Å². The molecular weight excluding hydrogens is 98.1 g/mol. The Morgan fingerprint density at radius 3 is 3.00 bits per heavy atom. The zero-order valence-electron chi connectivity index (χ0n) is 4.80. The highest BCUT2D eigenvalue weighted by Crippen LogP contribution is 2.79. The summed E-state index contributed by atoms with van der Waals surface area (Å²) in [5, 5.41) is 0. The lowest BCUT2D eigenvalue weighted by molar-refractivity contribution is 0.0233. The number of piperidine rings is 1. The first-order valence-corrected chi connectivity index (χ1v) is 3.70. The van der Waals surface area contributed by atoms with Gasteiger partial charge in [-0.25, -0.2) is 0 Å². The van der Waals surface area contributed by atoms with E-state index < -0.39 is 0 Å². The van der Waals surface area contributed by atoms with Crippen molar-refractivity contribution in [2.45, 2.75) is 24.4 Å². The second-order valence-electron chi connectivity index (χ2n) is 3.95. The van der Waals surface area contributed by atoms with Crippen LogP contribution in [0.25, 0.3) is 0 Å². The summed E-state index contributed by atoms with van der Waals surface area (Å²) in [7, 11) is 0. The molecule has 1 spiro atoms. The molecule has 0 radical (unpaired) electrons. The summed E-state index contributed by atoms with van der Waals surface area (Å²) in [6.45, 7) is 1.47. The molecule has 2 aliphatic carbocycles. The lowest BCUT2D eigenvalue weighted by Gasteiger charge is -2.47. The topological polar surface area (TPSA) is 3.01 Å². The third-order valence-electron chi connectivity index (χ3n) is 3.95. The maximum atomic E-state index is 2.71. The van der Waals surface area contributed by atoms with Gasteiger partial charge in [-0.15, -0.1) is 0 Å². The van der Waals surface area contributed by atoms with Gasteiger partial charge in [-0.1, -0.05) is 0 Å². The number of hydrogen-bond donors (Lipinski definition) is 0. The van der Waals surface area contributed by atoms with Gasteiger partial charge in [-0.2, -0.15) is 0 Å². The van der Waals surface area contributed by atoms with Crippen LogP contribution < -0.4 is 0 Å². The highest BCUT2D eigenvalue weighted by atomic mass is 15.5. The second kappa shape index (κ2) is 0.563. The summed E-state index contributed by atoms with van der Waals surface area (Å²) >= 11 is 0. The number of fused-ring (bicyclic) bond motifs is 2. The molecular formula is C7H9N. The zero-order valence-corrected chi connectivity index (χ0v) is 4.80. The molecule has 2 aliphatic heterocycles. The van der Waals surface area contributed by atoms with Crippen molar-refractivity contribution >= 4 is 0 Å². The van der Waals surface area contributed by atoms with E-state index in [1.165, 1.54) is 18.4 Å². The van der Waals surface area contributed by atoms with Gasteiger partial charge in [0.1, 0.15) is 0 Å². The van der Waals surface area contributed by atoms with Gasteiger partial charge >= 0.3 is 0 Å². The summed E-state index contributed by atoms with van der Waals surface area (Å²) < 4.78 is 0. The normalized spacial score (nSPS) is 87.0. The van der Waals surface area contributed by atoms with Crippen LogP contribution in [0, 0.1) is 11.8 Å². The van der Waals surface area contributed by atoms with Crippen LogP contribution in [-0.4, -0.2) is 23.0 Å². The lowest BCUT2D eigenvalue weighted by Crippen LogP contribution is -2.54. The summed E-state index contributed by atoms with van der Waals surface area (Å²) in [5.74, 6) is 2.39. The van der Waals surface area contributed by atoms with Gasteiger partial charge in [0, 0.05) is 18.1 Å². The van der Waals surface area contributed by atoms with E-state index in [0.717, 1.165) is 11.6 Å². The minimum Gasteiger partial charge on any atom is -0.291 e. The Balaban J connectivity index is 1.97. The van der Waals surface area contributed by atoms with E-state index in [-0.39, 0.29) is 0 Å². The van der Waals surface area contributed by atoms with Crippen LogP contribution in [0.15, 0.2) is 0 Å². The second-order valence-corrected chi connectivity index (χ2v) is 3.95. The molecule has 1 heteroatoms. The van der Waals surface area contributed by atoms with Crippen molar-refractivity contribution in [3.05, 3.63) is 0 Å². The minimum atomic E-state index is 0.894. The number of hydrogen-bond acceptors (Lipinski definition) is 1. The van der Waals surface area contributed by atoms with Crippen LogP contribution in [0.4, 0.5) is 0 Å². The monoisotopic (exact) mass is 107 g/mol. The highest BCUT2D eigenvalue weighted by molar-refractivity contribution is 5.40. The molecule has 0 aromatic carbocycles. The highest BCUT2D eigenvalue weighted by Gasteiger charge is 2.85. The van der Waals surface area contributed by atoms with Crippen LogP contribution in [0.5, 0.6) is 0 Å². The van der Waals surface area contributed by atoms with E-state index in [9.17, 15) is 0 Å². The van der Waals surface area contributed by atoms with Gasteiger partial charge in [0.15, 0.2) is 0 Å². The maximum absolute atomic E-state index is 2.71. The Morgan fingerprint density at radius 2 is 2.50 bits per heavy atom. The molecule has 0 aromatic heterocycles. The largest absolute Gasteiger partial charge is 0.291 e. The van der Waals surface area contributed by atoms with Crippen LogP contribution >= 0.6 is 0 Å². The van der Waals surface area contributed by atoms with Crippen molar-refractivity contribution in [2.24, 2.45) is 11.8 Å². The first-order valence-electron chi connectivity index (χ1n) is 3.70. The zero-order chi connectivity index (χ0) is 4.93. The molecule has 0 amide bonds. The van der Waals surface area contributed by atoms with Gasteiger partial charge in [0.2, 0.25) is 0 Å². The van der Waals surface area contributed by atoms with Crippen molar-refractivity contribution in [1.29, 1.82) is 0 Å². The molecule has 4 aliphatic rings. The Kier molecular flexibility index (Phi) is 0.226. The van der Waals surface area contributed by atoms with E-state index in [1.54, 1.807) is 12.8 Å². The molecule has 42 valence electrons. The van der Waals surface area contributed by atoms with Crippen LogP contribution in [-0.2, 0) is 0 Å². The lowest BCUT2D eigenvalue weighted by atomic mass is 9.72. The number of rotatable bonds is 0. The van der Waals surface area contributed by atoms with Gasteiger partial charge in [0.05, 0.1) is 0 Å². The van der Waals surface area contributed by atoms with Crippen molar-refractivity contribution < 1.29 is 0 Å².